The molecule has 0 spiro atoms. The van der Waals surface area contributed by atoms with Crippen molar-refractivity contribution in [3.05, 3.63) is 89.9 Å². The highest BCUT2D eigenvalue weighted by Gasteiger charge is 2.22. The van der Waals surface area contributed by atoms with Crippen molar-refractivity contribution in [1.82, 2.24) is 25.3 Å². The zero-order valence-corrected chi connectivity index (χ0v) is 17.4. The lowest BCUT2D eigenvalue weighted by Crippen LogP contribution is -2.24. The number of pyridine rings is 1. The van der Waals surface area contributed by atoms with Crippen LogP contribution in [0.4, 0.5) is 0 Å². The molecule has 1 N–H and O–H groups in total. The summed E-state index contributed by atoms with van der Waals surface area (Å²) in [6.07, 6.45) is 4.27. The third-order valence-corrected chi connectivity index (χ3v) is 5.03. The number of carbonyl (C=O) groups excluding carboxylic acids is 1. The predicted molar refractivity (Wildman–Crippen MR) is 118 cm³/mol. The highest BCUT2D eigenvalue weighted by Crippen LogP contribution is 2.26. The minimum Gasteiger partial charge on any atom is -0.496 e. The molecule has 4 aromatic rings. The first-order valence-electron chi connectivity index (χ1n) is 10.1. The summed E-state index contributed by atoms with van der Waals surface area (Å²) in [5.74, 6) is 0.410. The van der Waals surface area contributed by atoms with E-state index >= 15 is 0 Å². The zero-order chi connectivity index (χ0) is 21.6. The van der Waals surface area contributed by atoms with Gasteiger partial charge in [-0.15, -0.1) is 5.10 Å². The van der Waals surface area contributed by atoms with Gasteiger partial charge in [0.2, 0.25) is 0 Å². The normalized spacial score (nSPS) is 10.6. The van der Waals surface area contributed by atoms with Crippen molar-refractivity contribution in [2.24, 2.45) is 0 Å². The van der Waals surface area contributed by atoms with Crippen molar-refractivity contribution in [2.75, 3.05) is 7.11 Å². The van der Waals surface area contributed by atoms with Crippen molar-refractivity contribution < 1.29 is 9.53 Å². The van der Waals surface area contributed by atoms with Crippen LogP contribution in [-0.4, -0.2) is 33.0 Å². The number of carbonyl (C=O) groups is 1. The lowest BCUT2D eigenvalue weighted by molar-refractivity contribution is 0.0946. The van der Waals surface area contributed by atoms with Crippen LogP contribution in [0, 0.1) is 0 Å². The molecule has 0 bridgehead atoms. The molecule has 0 fully saturated rings. The number of aromatic nitrogens is 4. The second kappa shape index (κ2) is 9.21. The number of para-hydroxylation sites is 1. The van der Waals surface area contributed by atoms with E-state index in [9.17, 15) is 4.79 Å². The summed E-state index contributed by atoms with van der Waals surface area (Å²) in [5, 5.41) is 11.5. The van der Waals surface area contributed by atoms with E-state index in [0.29, 0.717) is 12.2 Å². The molecule has 0 saturated carbocycles. The Labute approximate surface area is 180 Å². The molecule has 0 unspecified atom stereocenters. The smallest absolute Gasteiger partial charge is 0.274 e. The maximum absolute atomic E-state index is 13.1. The van der Waals surface area contributed by atoms with E-state index in [4.69, 9.17) is 4.74 Å². The van der Waals surface area contributed by atoms with Gasteiger partial charge < -0.3 is 10.1 Å². The summed E-state index contributed by atoms with van der Waals surface area (Å²) in [6.45, 7) is 2.41. The number of aryl methyl sites for hydroxylation is 1. The number of nitrogens with zero attached hydrogens (tertiary/aromatic N) is 4. The van der Waals surface area contributed by atoms with E-state index in [2.05, 4.69) is 39.7 Å². The number of ether oxygens (including phenoxy) is 1. The second-order valence-corrected chi connectivity index (χ2v) is 6.95. The standard InChI is InChI=1S/C24H23N5O2/c1-3-17-7-6-9-20(15-17)29-23(18-11-13-25-14-12-18)22(27-28-29)24(30)26-16-19-8-4-5-10-21(19)31-2/h4-15H,3,16H2,1-2H3,(H,26,30). The van der Waals surface area contributed by atoms with Crippen LogP contribution in [0.15, 0.2) is 73.1 Å². The molecule has 0 saturated heterocycles. The first-order chi connectivity index (χ1) is 15.2. The fraction of sp³-hybridized carbons (Fsp3) is 0.167. The van der Waals surface area contributed by atoms with E-state index < -0.39 is 0 Å². The van der Waals surface area contributed by atoms with E-state index in [0.717, 1.165) is 29.0 Å². The van der Waals surface area contributed by atoms with Crippen LogP contribution in [0.2, 0.25) is 0 Å². The molecule has 2 aromatic carbocycles. The average molecular weight is 413 g/mol. The Morgan fingerprint density at radius 3 is 2.65 bits per heavy atom. The van der Waals surface area contributed by atoms with E-state index in [-0.39, 0.29) is 11.6 Å². The topological polar surface area (TPSA) is 81.9 Å². The molecule has 4 rings (SSSR count). The molecular weight excluding hydrogens is 390 g/mol. The minimum atomic E-state index is -0.310. The molecule has 2 heterocycles. The highest BCUT2D eigenvalue weighted by molar-refractivity contribution is 5.98. The van der Waals surface area contributed by atoms with Gasteiger partial charge in [-0.1, -0.05) is 42.5 Å². The van der Waals surface area contributed by atoms with E-state index in [1.807, 2.05) is 48.5 Å². The van der Waals surface area contributed by atoms with Crippen LogP contribution in [0.3, 0.4) is 0 Å². The van der Waals surface area contributed by atoms with E-state index in [1.165, 1.54) is 5.56 Å². The van der Waals surface area contributed by atoms with Gasteiger partial charge in [0.05, 0.1) is 12.8 Å². The quantitative estimate of drug-likeness (QED) is 0.498. The van der Waals surface area contributed by atoms with Crippen LogP contribution < -0.4 is 10.1 Å². The largest absolute Gasteiger partial charge is 0.496 e. The summed E-state index contributed by atoms with van der Waals surface area (Å²) in [5.41, 5.74) is 4.59. The van der Waals surface area contributed by atoms with Gasteiger partial charge in [0.15, 0.2) is 5.69 Å². The van der Waals surface area contributed by atoms with Gasteiger partial charge in [-0.05, 0) is 42.3 Å². The van der Waals surface area contributed by atoms with Crippen molar-refractivity contribution >= 4 is 5.91 Å². The first kappa shape index (κ1) is 20.3. The molecule has 0 atom stereocenters. The molecule has 7 heteroatoms. The SMILES string of the molecule is CCc1cccc(-n2nnc(C(=O)NCc3ccccc3OC)c2-c2ccncc2)c1. The number of rotatable bonds is 7. The third kappa shape index (κ3) is 4.30. The summed E-state index contributed by atoms with van der Waals surface area (Å²) < 4.78 is 7.07. The molecule has 2 aromatic heterocycles. The molecule has 0 radical (unpaired) electrons. The number of benzene rings is 2. The van der Waals surface area contributed by atoms with Crippen molar-refractivity contribution in [2.45, 2.75) is 19.9 Å². The molecule has 1 amide bonds. The molecular formula is C24H23N5O2. The molecule has 0 aliphatic carbocycles. The van der Waals surface area contributed by atoms with Crippen LogP contribution in [-0.2, 0) is 13.0 Å². The summed E-state index contributed by atoms with van der Waals surface area (Å²) in [4.78, 5) is 17.2. The predicted octanol–water partition coefficient (Wildman–Crippen LogP) is 3.83. The average Bonchev–Trinajstić information content (AvgIpc) is 3.28. The zero-order valence-electron chi connectivity index (χ0n) is 17.4. The monoisotopic (exact) mass is 413 g/mol. The molecule has 31 heavy (non-hydrogen) atoms. The Balaban J connectivity index is 1.70. The van der Waals surface area contributed by atoms with Crippen LogP contribution in [0.5, 0.6) is 5.75 Å². The Bertz CT molecular complexity index is 1190. The Kier molecular flexibility index (Phi) is 6.03. The van der Waals surface area contributed by atoms with Crippen LogP contribution in [0.1, 0.15) is 28.5 Å². The Morgan fingerprint density at radius 1 is 1.06 bits per heavy atom. The van der Waals surface area contributed by atoms with Gasteiger partial charge in [-0.3, -0.25) is 9.78 Å². The maximum Gasteiger partial charge on any atom is 0.274 e. The lowest BCUT2D eigenvalue weighted by atomic mass is 10.1. The molecule has 0 aliphatic rings. The first-order valence-corrected chi connectivity index (χ1v) is 10.1. The number of hydrogen-bond acceptors (Lipinski definition) is 5. The second-order valence-electron chi connectivity index (χ2n) is 6.95. The lowest BCUT2D eigenvalue weighted by Gasteiger charge is -2.11. The number of methoxy groups -OCH3 is 1. The highest BCUT2D eigenvalue weighted by atomic mass is 16.5. The maximum atomic E-state index is 13.1. The van der Waals surface area contributed by atoms with E-state index in [1.54, 1.807) is 24.2 Å². The van der Waals surface area contributed by atoms with Gasteiger partial charge in [-0.25, -0.2) is 4.68 Å². The Hall–Kier alpha value is -4.00. The van der Waals surface area contributed by atoms with Crippen LogP contribution >= 0.6 is 0 Å². The summed E-state index contributed by atoms with van der Waals surface area (Å²) in [6, 6.07) is 19.3. The van der Waals surface area contributed by atoms with Crippen LogP contribution in [0.25, 0.3) is 16.9 Å². The van der Waals surface area contributed by atoms with Gasteiger partial charge in [0.25, 0.3) is 5.91 Å². The fourth-order valence-corrected chi connectivity index (χ4v) is 3.40. The van der Waals surface area contributed by atoms with Crippen molar-refractivity contribution in [3.63, 3.8) is 0 Å². The summed E-state index contributed by atoms with van der Waals surface area (Å²) >= 11 is 0. The van der Waals surface area contributed by atoms with Gasteiger partial charge in [-0.2, -0.15) is 0 Å². The van der Waals surface area contributed by atoms with Crippen molar-refractivity contribution in [3.8, 4) is 22.7 Å². The third-order valence-electron chi connectivity index (χ3n) is 5.03. The summed E-state index contributed by atoms with van der Waals surface area (Å²) in [7, 11) is 1.61. The molecule has 0 aliphatic heterocycles. The number of hydrogen-bond donors (Lipinski definition) is 1. The van der Waals surface area contributed by atoms with Gasteiger partial charge >= 0.3 is 0 Å². The molecule has 7 nitrogen and oxygen atoms in total. The Morgan fingerprint density at radius 2 is 1.87 bits per heavy atom. The minimum absolute atomic E-state index is 0.253. The number of nitrogens with one attached hydrogen (secondary N) is 1. The van der Waals surface area contributed by atoms with Gasteiger partial charge in [0.1, 0.15) is 11.4 Å². The fourth-order valence-electron chi connectivity index (χ4n) is 3.40. The van der Waals surface area contributed by atoms with Crippen molar-refractivity contribution in [1.29, 1.82) is 0 Å². The molecule has 156 valence electrons. The van der Waals surface area contributed by atoms with Gasteiger partial charge in [0, 0.05) is 30.1 Å². The number of amides is 1.